The predicted octanol–water partition coefficient (Wildman–Crippen LogP) is -2.21. The minimum Gasteiger partial charge on any atom is -0.393 e. The molecule has 20 heteroatoms. The van der Waals surface area contributed by atoms with Crippen LogP contribution in [0.3, 0.4) is 0 Å². The fourth-order valence-corrected chi connectivity index (χ4v) is 4.50. The van der Waals surface area contributed by atoms with E-state index < -0.39 is 44.0 Å². The molecule has 1 aromatic heterocycles. The molecule has 2 aromatic carbocycles. The summed E-state index contributed by atoms with van der Waals surface area (Å²) in [5.41, 5.74) is 1.10. The Bertz CT molecular complexity index is 1460. The Kier molecular flexibility index (Phi) is 7.53. The van der Waals surface area contributed by atoms with Crippen LogP contribution in [0.2, 0.25) is 5.11 Å². The van der Waals surface area contributed by atoms with E-state index in [9.17, 15) is 13.6 Å². The first kappa shape index (κ1) is 31.2. The second-order valence-corrected chi connectivity index (χ2v) is 10.0. The van der Waals surface area contributed by atoms with Crippen LogP contribution < -0.4 is 10.2 Å². The van der Waals surface area contributed by atoms with Gasteiger partial charge in [-0.2, -0.15) is 4.98 Å². The molecule has 0 saturated carbocycles. The molecule has 0 aliphatic carbocycles. The van der Waals surface area contributed by atoms with Gasteiger partial charge in [0.05, 0.1) is 92.0 Å². The second kappa shape index (κ2) is 9.90. The molecule has 0 atom stereocenters. The van der Waals surface area contributed by atoms with Gasteiger partial charge in [0, 0.05) is 17.4 Å². The average Bonchev–Trinajstić information content (AvgIpc) is 3.24. The summed E-state index contributed by atoms with van der Waals surface area (Å²) >= 11 is 0. The molecule has 0 unspecified atom stereocenters. The van der Waals surface area contributed by atoms with Crippen molar-refractivity contribution in [1.82, 2.24) is 19.7 Å². The maximum absolute atomic E-state index is 13.7. The fourth-order valence-electron chi connectivity index (χ4n) is 4.50. The lowest BCUT2D eigenvalue weighted by molar-refractivity contribution is -0.136. The van der Waals surface area contributed by atoms with Gasteiger partial charge in [-0.15, -0.1) is 5.10 Å². The number of benzene rings is 2. The van der Waals surface area contributed by atoms with Gasteiger partial charge in [-0.1, -0.05) is 5.11 Å². The van der Waals surface area contributed by atoms with Crippen molar-refractivity contribution in [2.24, 2.45) is 0 Å². The maximum Gasteiger partial charge on any atom is 0.246 e. The number of piperazine rings is 1. The van der Waals surface area contributed by atoms with E-state index in [-0.39, 0.29) is 17.3 Å². The van der Waals surface area contributed by atoms with Crippen molar-refractivity contribution in [3.05, 3.63) is 59.9 Å². The van der Waals surface area contributed by atoms with Crippen LogP contribution in [0, 0.1) is 18.6 Å². The zero-order valence-corrected chi connectivity index (χ0v) is 21.8. The normalized spacial score (nSPS) is 19.0. The number of aryl methyl sites for hydroxylation is 1. The largest absolute Gasteiger partial charge is 0.393 e. The number of nitrogens with one attached hydrogen (secondary N) is 1. The highest BCUT2D eigenvalue weighted by Gasteiger charge is 2.62. The van der Waals surface area contributed by atoms with Crippen LogP contribution in [0.5, 0.6) is 0 Å². The van der Waals surface area contributed by atoms with Crippen molar-refractivity contribution in [3.8, 4) is 5.69 Å². The number of nitrogens with zero attached hydrogens (tertiary/aromatic N) is 5. The topological polar surface area (TPSA) is 66.3 Å². The summed E-state index contributed by atoms with van der Waals surface area (Å²) in [5, 5.41) is -5.72. The molecule has 1 aliphatic rings. The number of carbonyl (C=O) groups is 1. The highest BCUT2D eigenvalue weighted by Crippen LogP contribution is 2.47. The first-order valence-electron chi connectivity index (χ1n) is 11.7. The van der Waals surface area contributed by atoms with Gasteiger partial charge in [0.1, 0.15) is 18.0 Å². The minimum absolute atomic E-state index is 0.0318. The number of hydrogen-bond acceptors (Lipinski definition) is 5. The average molecular weight is 520 g/mol. The molecule has 2 heterocycles. The van der Waals surface area contributed by atoms with E-state index in [4.69, 9.17) is 86.3 Å². The van der Waals surface area contributed by atoms with Crippen molar-refractivity contribution in [3.63, 3.8) is 0 Å². The molecular weight excluding hydrogens is 509 g/mol. The van der Waals surface area contributed by atoms with E-state index in [1.54, 1.807) is 19.1 Å². The van der Waals surface area contributed by atoms with Crippen LogP contribution in [-0.2, 0) is 4.79 Å². The van der Waals surface area contributed by atoms with Crippen molar-refractivity contribution in [2.45, 2.75) is 33.4 Å². The summed E-state index contributed by atoms with van der Waals surface area (Å²) in [6, 6.07) is 7.52. The highest BCUT2D eigenvalue weighted by molar-refractivity contribution is 6.70. The molecular formula is C21H11B11F2N6O. The number of carbonyl (C=O) groups excluding carboxylic acids is 1. The zero-order valence-electron chi connectivity index (χ0n) is 21.8. The number of anilines is 3. The number of aromatic nitrogens is 3. The van der Waals surface area contributed by atoms with Crippen LogP contribution in [0.25, 0.3) is 5.69 Å². The number of rotatable bonds is 5. The smallest absolute Gasteiger partial charge is 0.246 e. The van der Waals surface area contributed by atoms with Crippen LogP contribution >= 0.6 is 0 Å². The van der Waals surface area contributed by atoms with Gasteiger partial charge < -0.3 is 15.1 Å². The summed E-state index contributed by atoms with van der Waals surface area (Å²) in [7, 11) is 67.3. The molecule has 1 fully saturated rings. The lowest BCUT2D eigenvalue weighted by atomic mass is 9.25. The minimum atomic E-state index is -2.63. The molecule has 0 spiro atoms. The third-order valence-corrected chi connectivity index (χ3v) is 6.52. The molecule has 4 rings (SSSR count). The first-order valence-corrected chi connectivity index (χ1v) is 11.7. The number of amides is 1. The number of hydrogen-bond donors (Lipinski definition) is 1. The SMILES string of the molecule is [B]C([B])([B])C(=O)N1C([B])([B])C([B])([B])N(c2cc(C)cc(Nc3ncn(-c4cc(F)cc(F)c4)n3)c2)C([B])([B])C1([B])[B]. The Hall–Kier alpha value is -2.78. The van der Waals surface area contributed by atoms with Gasteiger partial charge in [0.2, 0.25) is 11.9 Å². The Labute approximate surface area is 251 Å². The summed E-state index contributed by atoms with van der Waals surface area (Å²) in [4.78, 5) is 18.4. The van der Waals surface area contributed by atoms with Gasteiger partial charge in [-0.3, -0.25) is 4.79 Å². The molecule has 0 bridgehead atoms. The highest BCUT2D eigenvalue weighted by atomic mass is 19.1. The monoisotopic (exact) mass is 522 g/mol. The molecule has 1 N–H and O–H groups in total. The molecule has 7 nitrogen and oxygen atoms in total. The lowest BCUT2D eigenvalue weighted by Crippen LogP contribution is -2.93. The van der Waals surface area contributed by atoms with E-state index >= 15 is 0 Å². The fraction of sp³-hybridized carbons (Fsp3) is 0.286. The summed E-state index contributed by atoms with van der Waals surface area (Å²) in [6.07, 6.45) is 1.24. The Balaban J connectivity index is 1.76. The molecule has 22 radical (unpaired) electrons. The zero-order chi connectivity index (χ0) is 30.9. The predicted molar refractivity (Wildman–Crippen MR) is 162 cm³/mol. The Morgan fingerprint density at radius 2 is 1.34 bits per heavy atom. The summed E-state index contributed by atoms with van der Waals surface area (Å²) < 4.78 is 28.5. The van der Waals surface area contributed by atoms with Crippen molar-refractivity contribution < 1.29 is 13.6 Å². The third-order valence-electron chi connectivity index (χ3n) is 6.52. The Morgan fingerprint density at radius 3 is 1.85 bits per heavy atom. The van der Waals surface area contributed by atoms with Crippen LogP contribution in [0.15, 0.2) is 42.7 Å². The lowest BCUT2D eigenvalue weighted by Gasteiger charge is -2.76. The van der Waals surface area contributed by atoms with Crippen LogP contribution in [0.4, 0.5) is 26.1 Å². The van der Waals surface area contributed by atoms with E-state index in [1.807, 2.05) is 0 Å². The summed E-state index contributed by atoms with van der Waals surface area (Å²) in [6.45, 7) is 1.70. The molecule has 1 amide bonds. The van der Waals surface area contributed by atoms with E-state index in [2.05, 4.69) is 15.4 Å². The van der Waals surface area contributed by atoms with Crippen LogP contribution in [0.1, 0.15) is 5.56 Å². The standard InChI is InChI=1S/C21H11B11F2N6O/c1-9-2-12(36-16-35-8-38(37-16)13-5-10(33)4-11(34)6-13)7-14(3-9)39-18(25,26)20(29,30)40(15(41)17(22,23)24)21(31,32)19(39,27)28/h2-8H,1H3,(H,36,37). The maximum atomic E-state index is 13.7. The molecule has 1 saturated heterocycles. The molecule has 178 valence electrons. The van der Waals surface area contributed by atoms with Gasteiger partial charge >= 0.3 is 0 Å². The van der Waals surface area contributed by atoms with Crippen molar-refractivity contribution in [2.75, 3.05) is 10.2 Å². The van der Waals surface area contributed by atoms with Crippen molar-refractivity contribution >= 4 is 110 Å². The Morgan fingerprint density at radius 1 is 0.805 bits per heavy atom. The first-order chi connectivity index (χ1) is 18.6. The quantitative estimate of drug-likeness (QED) is 0.387. The van der Waals surface area contributed by atoms with Gasteiger partial charge in [-0.05, 0) is 64.2 Å². The van der Waals surface area contributed by atoms with Crippen LogP contribution in [-0.4, -0.2) is 133 Å². The molecule has 41 heavy (non-hydrogen) atoms. The van der Waals surface area contributed by atoms with Gasteiger partial charge in [0.25, 0.3) is 0 Å². The van der Waals surface area contributed by atoms with E-state index in [0.29, 0.717) is 16.2 Å². The number of halogens is 2. The summed E-state index contributed by atoms with van der Waals surface area (Å²) in [5.74, 6) is -2.92. The van der Waals surface area contributed by atoms with Gasteiger partial charge in [-0.25, -0.2) is 13.5 Å². The van der Waals surface area contributed by atoms with E-state index in [1.165, 1.54) is 12.4 Å². The molecule has 1 aliphatic heterocycles. The third kappa shape index (κ3) is 5.20. The second-order valence-electron chi connectivity index (χ2n) is 10.0. The van der Waals surface area contributed by atoms with E-state index in [0.717, 1.165) is 27.8 Å². The van der Waals surface area contributed by atoms with Crippen molar-refractivity contribution in [1.29, 1.82) is 0 Å². The van der Waals surface area contributed by atoms with Gasteiger partial charge in [0.15, 0.2) is 0 Å². The molecule has 3 aromatic rings.